The number of pyridine rings is 1. The highest BCUT2D eigenvalue weighted by molar-refractivity contribution is 5.99. The predicted octanol–water partition coefficient (Wildman–Crippen LogP) is 2.70. The Balaban J connectivity index is 1.20. The van der Waals surface area contributed by atoms with E-state index in [1.165, 1.54) is 6.07 Å². The molecular weight excluding hydrogens is 604 g/mol. The Hall–Kier alpha value is -4.42. The van der Waals surface area contributed by atoms with Gasteiger partial charge in [0.1, 0.15) is 17.5 Å². The van der Waals surface area contributed by atoms with Crippen LogP contribution in [0.5, 0.6) is 5.75 Å². The SMILES string of the molecule is CCCCOC(=O)N1CCN(C(=O)CNC(=O)c2cc(OCC(=O)N3CCCC3C(=O)NC3CCC3)c3cc(C)c(C)cc3n2)CC1. The first-order valence-corrected chi connectivity index (χ1v) is 16.8. The van der Waals surface area contributed by atoms with E-state index in [1.807, 2.05) is 32.9 Å². The first kappa shape index (κ1) is 33.9. The molecule has 2 aliphatic heterocycles. The Labute approximate surface area is 275 Å². The molecule has 3 fully saturated rings. The zero-order valence-electron chi connectivity index (χ0n) is 27.6. The van der Waals surface area contributed by atoms with Crippen LogP contribution in [0.4, 0.5) is 4.79 Å². The van der Waals surface area contributed by atoms with Crippen molar-refractivity contribution < 1.29 is 33.4 Å². The summed E-state index contributed by atoms with van der Waals surface area (Å²) in [5, 5.41) is 6.37. The molecule has 13 heteroatoms. The molecule has 1 atom stereocenters. The normalized spacial score (nSPS) is 18.1. The Kier molecular flexibility index (Phi) is 11.2. The Morgan fingerprint density at radius 3 is 2.32 bits per heavy atom. The van der Waals surface area contributed by atoms with E-state index in [0.29, 0.717) is 62.4 Å². The monoisotopic (exact) mass is 650 g/mol. The number of fused-ring (bicyclic) bond motifs is 1. The quantitative estimate of drug-likeness (QED) is 0.353. The molecule has 5 amide bonds. The van der Waals surface area contributed by atoms with Gasteiger partial charge in [-0.2, -0.15) is 0 Å². The zero-order valence-corrected chi connectivity index (χ0v) is 27.6. The molecule has 13 nitrogen and oxygen atoms in total. The van der Waals surface area contributed by atoms with Crippen molar-refractivity contribution in [1.82, 2.24) is 30.3 Å². The summed E-state index contributed by atoms with van der Waals surface area (Å²) in [7, 11) is 0. The maximum atomic E-state index is 13.3. The minimum Gasteiger partial charge on any atom is -0.483 e. The third-order valence-corrected chi connectivity index (χ3v) is 9.31. The van der Waals surface area contributed by atoms with Crippen LogP contribution in [0.25, 0.3) is 10.9 Å². The van der Waals surface area contributed by atoms with E-state index >= 15 is 0 Å². The smallest absolute Gasteiger partial charge is 0.409 e. The molecule has 1 aromatic carbocycles. The van der Waals surface area contributed by atoms with Crippen LogP contribution >= 0.6 is 0 Å². The molecule has 0 bridgehead atoms. The van der Waals surface area contributed by atoms with Crippen LogP contribution in [-0.4, -0.2) is 114 Å². The molecule has 1 saturated carbocycles. The molecule has 3 aliphatic rings. The highest BCUT2D eigenvalue weighted by atomic mass is 16.6. The zero-order chi connectivity index (χ0) is 33.5. The molecule has 254 valence electrons. The number of unbranched alkanes of at least 4 members (excludes halogenated alkanes) is 1. The lowest BCUT2D eigenvalue weighted by molar-refractivity contribution is -0.140. The number of carbonyl (C=O) groups excluding carboxylic acids is 5. The van der Waals surface area contributed by atoms with Crippen LogP contribution in [0.2, 0.25) is 0 Å². The lowest BCUT2D eigenvalue weighted by Crippen LogP contribution is -2.52. The molecule has 0 spiro atoms. The molecule has 2 saturated heterocycles. The summed E-state index contributed by atoms with van der Waals surface area (Å²) in [6.45, 7) is 7.67. The average Bonchev–Trinajstić information content (AvgIpc) is 3.55. The van der Waals surface area contributed by atoms with Crippen molar-refractivity contribution in [2.75, 3.05) is 52.5 Å². The Morgan fingerprint density at radius 1 is 0.894 bits per heavy atom. The van der Waals surface area contributed by atoms with E-state index in [1.54, 1.807) is 14.7 Å². The molecule has 1 unspecified atom stereocenters. The van der Waals surface area contributed by atoms with Gasteiger partial charge in [0.25, 0.3) is 11.8 Å². The van der Waals surface area contributed by atoms with Gasteiger partial charge < -0.3 is 34.8 Å². The van der Waals surface area contributed by atoms with Crippen LogP contribution in [0.1, 0.15) is 73.5 Å². The number of aryl methyl sites for hydroxylation is 2. The van der Waals surface area contributed by atoms with Crippen LogP contribution in [0, 0.1) is 13.8 Å². The summed E-state index contributed by atoms with van der Waals surface area (Å²) in [6, 6.07) is 4.94. The third-order valence-electron chi connectivity index (χ3n) is 9.31. The average molecular weight is 651 g/mol. The van der Waals surface area contributed by atoms with Crippen LogP contribution in [-0.2, 0) is 19.1 Å². The Bertz CT molecular complexity index is 1500. The van der Waals surface area contributed by atoms with Crippen molar-refractivity contribution in [3.8, 4) is 5.75 Å². The van der Waals surface area contributed by atoms with Gasteiger partial charge in [-0.05, 0) is 75.6 Å². The van der Waals surface area contributed by atoms with E-state index < -0.39 is 11.9 Å². The fourth-order valence-electron chi connectivity index (χ4n) is 5.99. The van der Waals surface area contributed by atoms with Gasteiger partial charge in [-0.15, -0.1) is 0 Å². The molecule has 5 rings (SSSR count). The standard InChI is InChI=1S/C34H46N6O7/c1-4-5-16-46-34(45)39-14-12-38(13-15-39)30(41)20-35-32(43)27-19-29(25-17-22(2)23(3)18-26(25)37-27)47-21-31(42)40-11-7-10-28(40)33(44)36-24-8-6-9-24/h17-19,24,28H,4-16,20-21H2,1-3H3,(H,35,43)(H,36,44). The van der Waals surface area contributed by atoms with E-state index in [-0.39, 0.29) is 48.7 Å². The second kappa shape index (κ2) is 15.4. The van der Waals surface area contributed by atoms with Crippen LogP contribution < -0.4 is 15.4 Å². The number of hydrogen-bond acceptors (Lipinski definition) is 8. The summed E-state index contributed by atoms with van der Waals surface area (Å²) >= 11 is 0. The summed E-state index contributed by atoms with van der Waals surface area (Å²) in [4.78, 5) is 73.8. The van der Waals surface area contributed by atoms with Gasteiger partial charge in [-0.1, -0.05) is 13.3 Å². The number of nitrogens with one attached hydrogen (secondary N) is 2. The maximum Gasteiger partial charge on any atom is 0.409 e. The van der Waals surface area contributed by atoms with Crippen molar-refractivity contribution in [1.29, 1.82) is 0 Å². The fraction of sp³-hybridized carbons (Fsp3) is 0.588. The Morgan fingerprint density at radius 2 is 1.62 bits per heavy atom. The van der Waals surface area contributed by atoms with Crippen molar-refractivity contribution in [3.05, 3.63) is 35.0 Å². The highest BCUT2D eigenvalue weighted by Gasteiger charge is 2.36. The number of likely N-dealkylation sites (tertiary alicyclic amines) is 1. The van der Waals surface area contributed by atoms with Gasteiger partial charge in [0.05, 0.1) is 18.7 Å². The number of piperazine rings is 1. The fourth-order valence-corrected chi connectivity index (χ4v) is 5.99. The minimum atomic E-state index is -0.555. The molecule has 1 aromatic heterocycles. The van der Waals surface area contributed by atoms with Crippen molar-refractivity contribution in [3.63, 3.8) is 0 Å². The minimum absolute atomic E-state index is 0.0505. The number of carbonyl (C=O) groups is 5. The molecule has 0 radical (unpaired) electrons. The van der Waals surface area contributed by atoms with Gasteiger partial charge in [0, 0.05) is 50.2 Å². The second-order valence-corrected chi connectivity index (χ2v) is 12.6. The van der Waals surface area contributed by atoms with Gasteiger partial charge in [0.15, 0.2) is 6.61 Å². The molecule has 47 heavy (non-hydrogen) atoms. The number of amides is 5. The van der Waals surface area contributed by atoms with Crippen LogP contribution in [0.3, 0.4) is 0 Å². The van der Waals surface area contributed by atoms with Crippen molar-refractivity contribution in [2.24, 2.45) is 0 Å². The summed E-state index contributed by atoms with van der Waals surface area (Å²) in [5.41, 5.74) is 2.55. The van der Waals surface area contributed by atoms with Crippen molar-refractivity contribution >= 4 is 40.6 Å². The maximum absolute atomic E-state index is 13.3. The molecule has 3 heterocycles. The first-order chi connectivity index (χ1) is 22.6. The third kappa shape index (κ3) is 8.30. The van der Waals surface area contributed by atoms with E-state index in [0.717, 1.165) is 49.7 Å². The number of rotatable bonds is 11. The first-order valence-electron chi connectivity index (χ1n) is 16.8. The number of aromatic nitrogens is 1. The molecule has 2 N–H and O–H groups in total. The van der Waals surface area contributed by atoms with Crippen molar-refractivity contribution in [2.45, 2.75) is 77.8 Å². The topological polar surface area (TPSA) is 150 Å². The molecular formula is C34H46N6O7. The summed E-state index contributed by atoms with van der Waals surface area (Å²) < 4.78 is 11.3. The number of ether oxygens (including phenoxy) is 2. The van der Waals surface area contributed by atoms with E-state index in [4.69, 9.17) is 9.47 Å². The molecule has 1 aliphatic carbocycles. The number of hydrogen-bond donors (Lipinski definition) is 2. The predicted molar refractivity (Wildman–Crippen MR) is 174 cm³/mol. The lowest BCUT2D eigenvalue weighted by atomic mass is 9.93. The van der Waals surface area contributed by atoms with Gasteiger partial charge in [-0.25, -0.2) is 9.78 Å². The van der Waals surface area contributed by atoms with Gasteiger partial charge in [0.2, 0.25) is 11.8 Å². The number of nitrogens with zero attached hydrogens (tertiary/aromatic N) is 4. The summed E-state index contributed by atoms with van der Waals surface area (Å²) in [6.07, 6.45) is 5.78. The summed E-state index contributed by atoms with van der Waals surface area (Å²) in [5.74, 6) is -0.912. The largest absolute Gasteiger partial charge is 0.483 e. The second-order valence-electron chi connectivity index (χ2n) is 12.6. The van der Waals surface area contributed by atoms with E-state index in [2.05, 4.69) is 15.6 Å². The van der Waals surface area contributed by atoms with Gasteiger partial charge >= 0.3 is 6.09 Å². The highest BCUT2D eigenvalue weighted by Crippen LogP contribution is 2.29. The lowest BCUT2D eigenvalue weighted by Gasteiger charge is -2.34. The van der Waals surface area contributed by atoms with E-state index in [9.17, 15) is 24.0 Å². The van der Waals surface area contributed by atoms with Crippen LogP contribution in [0.15, 0.2) is 18.2 Å². The van der Waals surface area contributed by atoms with Gasteiger partial charge in [-0.3, -0.25) is 19.2 Å². The number of benzene rings is 1. The molecule has 2 aromatic rings.